The van der Waals surface area contributed by atoms with Gasteiger partial charge in [-0.05, 0) is 55.3 Å². The number of aryl methyl sites for hydroxylation is 1. The lowest BCUT2D eigenvalue weighted by molar-refractivity contribution is 0.565. The predicted octanol–water partition coefficient (Wildman–Crippen LogP) is 2.58. The van der Waals surface area contributed by atoms with Crippen molar-refractivity contribution in [3.8, 4) is 0 Å². The van der Waals surface area contributed by atoms with Crippen LogP contribution in [0.4, 0.5) is 4.39 Å². The van der Waals surface area contributed by atoms with Gasteiger partial charge in [0.2, 0.25) is 10.0 Å². The van der Waals surface area contributed by atoms with Crippen molar-refractivity contribution >= 4 is 19.9 Å². The maximum Gasteiger partial charge on any atom is 0.241 e. The molecule has 24 heavy (non-hydrogen) atoms. The number of hydrogen-bond donors (Lipinski definition) is 1. The second-order valence-electron chi connectivity index (χ2n) is 5.60. The van der Waals surface area contributed by atoms with Crippen molar-refractivity contribution in [2.45, 2.75) is 29.7 Å². The summed E-state index contributed by atoms with van der Waals surface area (Å²) in [6.07, 6.45) is 1.10. The third-order valence-corrected chi connectivity index (χ3v) is 6.25. The van der Waals surface area contributed by atoms with E-state index >= 15 is 0 Å². The molecule has 0 aliphatic heterocycles. The van der Waals surface area contributed by atoms with Crippen LogP contribution < -0.4 is 4.72 Å². The maximum atomic E-state index is 13.3. The Bertz CT molecular complexity index is 952. The highest BCUT2D eigenvalue weighted by Crippen LogP contribution is 2.20. The molecule has 0 spiro atoms. The molecule has 8 heteroatoms. The van der Waals surface area contributed by atoms with Gasteiger partial charge < -0.3 is 0 Å². The van der Waals surface area contributed by atoms with E-state index in [1.807, 2.05) is 0 Å². The maximum absolute atomic E-state index is 13.3. The summed E-state index contributed by atoms with van der Waals surface area (Å²) in [7, 11) is -7.13. The van der Waals surface area contributed by atoms with E-state index in [-0.39, 0.29) is 15.4 Å². The molecule has 0 unspecified atom stereocenters. The first-order chi connectivity index (χ1) is 11.0. The Morgan fingerprint density at radius 2 is 1.50 bits per heavy atom. The molecular formula is C16H18FNO4S2. The molecule has 0 aromatic heterocycles. The summed E-state index contributed by atoms with van der Waals surface area (Å²) < 4.78 is 63.4. The third kappa shape index (κ3) is 4.19. The quantitative estimate of drug-likeness (QED) is 0.876. The van der Waals surface area contributed by atoms with Crippen LogP contribution in [0, 0.1) is 12.7 Å². The summed E-state index contributed by atoms with van der Waals surface area (Å²) in [4.78, 5) is 0.136. The van der Waals surface area contributed by atoms with Crippen molar-refractivity contribution in [2.75, 3.05) is 6.26 Å². The van der Waals surface area contributed by atoms with Crippen LogP contribution in [0.3, 0.4) is 0 Å². The summed E-state index contributed by atoms with van der Waals surface area (Å²) in [5.74, 6) is -0.474. The first-order valence-corrected chi connectivity index (χ1v) is 10.5. The van der Waals surface area contributed by atoms with Gasteiger partial charge in [-0.2, -0.15) is 0 Å². The van der Waals surface area contributed by atoms with E-state index in [4.69, 9.17) is 0 Å². The number of nitrogens with one attached hydrogen (secondary N) is 1. The SMILES string of the molecule is Cc1cc(S(=O)(=O)N[C@@H](C)c2ccc(S(C)(=O)=O)cc2)ccc1F. The van der Waals surface area contributed by atoms with E-state index in [0.29, 0.717) is 5.56 Å². The molecule has 0 saturated heterocycles. The molecule has 2 aromatic carbocycles. The smallest absolute Gasteiger partial charge is 0.224 e. The van der Waals surface area contributed by atoms with E-state index in [1.54, 1.807) is 19.1 Å². The zero-order valence-electron chi connectivity index (χ0n) is 13.4. The molecule has 0 aliphatic carbocycles. The molecule has 0 heterocycles. The van der Waals surface area contributed by atoms with Gasteiger partial charge in [0.25, 0.3) is 0 Å². The number of sulfonamides is 1. The van der Waals surface area contributed by atoms with Crippen LogP contribution in [0.1, 0.15) is 24.1 Å². The van der Waals surface area contributed by atoms with Gasteiger partial charge in [0.15, 0.2) is 9.84 Å². The Morgan fingerprint density at radius 1 is 0.958 bits per heavy atom. The molecule has 0 saturated carbocycles. The zero-order valence-corrected chi connectivity index (χ0v) is 15.1. The molecule has 0 fully saturated rings. The van der Waals surface area contributed by atoms with Crippen LogP contribution in [-0.2, 0) is 19.9 Å². The molecule has 1 atom stereocenters. The van der Waals surface area contributed by atoms with Crippen LogP contribution in [0.2, 0.25) is 0 Å². The minimum atomic E-state index is -3.82. The van der Waals surface area contributed by atoms with Gasteiger partial charge in [-0.25, -0.2) is 25.9 Å². The number of sulfone groups is 1. The fourth-order valence-corrected chi connectivity index (χ4v) is 4.10. The van der Waals surface area contributed by atoms with Crippen LogP contribution in [-0.4, -0.2) is 23.1 Å². The second-order valence-corrected chi connectivity index (χ2v) is 9.32. The standard InChI is InChI=1S/C16H18FNO4S2/c1-11-10-15(8-9-16(11)17)24(21,22)18-12(2)13-4-6-14(7-5-13)23(3,19)20/h4-10,12,18H,1-3H3/t12-/m0/s1. The molecule has 2 aromatic rings. The fourth-order valence-electron chi connectivity index (χ4n) is 2.16. The summed E-state index contributed by atoms with van der Waals surface area (Å²) in [6.45, 7) is 3.13. The minimum absolute atomic E-state index is 0.0268. The average Bonchev–Trinajstić information content (AvgIpc) is 2.48. The zero-order chi connectivity index (χ0) is 18.1. The van der Waals surface area contributed by atoms with Crippen molar-refractivity contribution in [1.82, 2.24) is 4.72 Å². The highest BCUT2D eigenvalue weighted by Gasteiger charge is 2.19. The first kappa shape index (κ1) is 18.6. The Morgan fingerprint density at radius 3 is 2.00 bits per heavy atom. The van der Waals surface area contributed by atoms with Crippen LogP contribution in [0.5, 0.6) is 0 Å². The fraction of sp³-hybridized carbons (Fsp3) is 0.250. The third-order valence-electron chi connectivity index (χ3n) is 3.58. The Kier molecular flexibility index (Phi) is 5.12. The molecule has 1 N–H and O–H groups in total. The van der Waals surface area contributed by atoms with Gasteiger partial charge in [0, 0.05) is 12.3 Å². The summed E-state index contributed by atoms with van der Waals surface area (Å²) in [5, 5.41) is 0. The number of benzene rings is 2. The summed E-state index contributed by atoms with van der Waals surface area (Å²) >= 11 is 0. The highest BCUT2D eigenvalue weighted by molar-refractivity contribution is 7.90. The van der Waals surface area contributed by atoms with Crippen molar-refractivity contribution in [3.63, 3.8) is 0 Å². The lowest BCUT2D eigenvalue weighted by Crippen LogP contribution is -2.27. The van der Waals surface area contributed by atoms with Crippen molar-refractivity contribution in [3.05, 3.63) is 59.4 Å². The van der Waals surface area contributed by atoms with Crippen molar-refractivity contribution in [2.24, 2.45) is 0 Å². The van der Waals surface area contributed by atoms with Gasteiger partial charge >= 0.3 is 0 Å². The van der Waals surface area contributed by atoms with Crippen LogP contribution >= 0.6 is 0 Å². The number of rotatable bonds is 5. The van der Waals surface area contributed by atoms with Gasteiger partial charge in [0.1, 0.15) is 5.82 Å². The molecule has 2 rings (SSSR count). The second kappa shape index (κ2) is 6.62. The van der Waals surface area contributed by atoms with E-state index in [9.17, 15) is 21.2 Å². The van der Waals surface area contributed by atoms with Crippen molar-refractivity contribution < 1.29 is 21.2 Å². The Hall–Kier alpha value is -1.77. The van der Waals surface area contributed by atoms with E-state index in [1.165, 1.54) is 31.2 Å². The largest absolute Gasteiger partial charge is 0.241 e. The topological polar surface area (TPSA) is 80.3 Å². The van der Waals surface area contributed by atoms with Gasteiger partial charge in [-0.1, -0.05) is 12.1 Å². The molecule has 130 valence electrons. The van der Waals surface area contributed by atoms with Gasteiger partial charge in [0.05, 0.1) is 9.79 Å². The molecule has 5 nitrogen and oxygen atoms in total. The minimum Gasteiger partial charge on any atom is -0.224 e. The van der Waals surface area contributed by atoms with E-state index in [2.05, 4.69) is 4.72 Å². The average molecular weight is 371 g/mol. The summed E-state index contributed by atoms with van der Waals surface area (Å²) in [6, 6.07) is 8.96. The molecule has 0 bridgehead atoms. The van der Waals surface area contributed by atoms with Crippen LogP contribution in [0.25, 0.3) is 0 Å². The van der Waals surface area contributed by atoms with E-state index in [0.717, 1.165) is 12.3 Å². The predicted molar refractivity (Wildman–Crippen MR) is 89.4 cm³/mol. The van der Waals surface area contributed by atoms with Crippen LogP contribution in [0.15, 0.2) is 52.3 Å². The normalized spacial score (nSPS) is 13.7. The van der Waals surface area contributed by atoms with Crippen molar-refractivity contribution in [1.29, 1.82) is 0 Å². The first-order valence-electron chi connectivity index (χ1n) is 7.09. The summed E-state index contributed by atoms with van der Waals surface area (Å²) in [5.41, 5.74) is 0.854. The number of halogens is 1. The van der Waals surface area contributed by atoms with E-state index < -0.39 is 31.7 Å². The lowest BCUT2D eigenvalue weighted by atomic mass is 10.1. The molecular weight excluding hydrogens is 353 g/mol. The molecule has 0 amide bonds. The van der Waals surface area contributed by atoms with Gasteiger partial charge in [-0.15, -0.1) is 0 Å². The Balaban J connectivity index is 2.24. The Labute approximate surface area is 141 Å². The van der Waals surface area contributed by atoms with Gasteiger partial charge in [-0.3, -0.25) is 0 Å². The lowest BCUT2D eigenvalue weighted by Gasteiger charge is -2.15. The molecule has 0 aliphatic rings. The monoisotopic (exact) mass is 371 g/mol. The number of hydrogen-bond acceptors (Lipinski definition) is 4. The highest BCUT2D eigenvalue weighted by atomic mass is 32.2. The molecule has 0 radical (unpaired) electrons.